The average molecular weight is 387 g/mol. The van der Waals surface area contributed by atoms with Crippen molar-refractivity contribution in [1.29, 1.82) is 0 Å². The molecule has 26 heavy (non-hydrogen) atoms. The van der Waals surface area contributed by atoms with Crippen molar-refractivity contribution in [2.45, 2.75) is 13.8 Å². The zero-order valence-electron chi connectivity index (χ0n) is 14.2. The second-order valence-electron chi connectivity index (χ2n) is 5.76. The van der Waals surface area contributed by atoms with Gasteiger partial charge in [0.15, 0.2) is 0 Å². The highest BCUT2D eigenvalue weighted by Crippen LogP contribution is 2.29. The Labute approximate surface area is 161 Å². The summed E-state index contributed by atoms with van der Waals surface area (Å²) in [5.41, 5.74) is 3.30. The molecule has 1 heterocycles. The summed E-state index contributed by atoms with van der Waals surface area (Å²) in [4.78, 5) is 21.2. The van der Waals surface area contributed by atoms with Gasteiger partial charge in [0.2, 0.25) is 5.95 Å². The smallest absolute Gasteiger partial charge is 0.274 e. The van der Waals surface area contributed by atoms with Gasteiger partial charge in [-0.15, -0.1) is 0 Å². The van der Waals surface area contributed by atoms with Crippen LogP contribution in [0.3, 0.4) is 0 Å². The van der Waals surface area contributed by atoms with E-state index in [2.05, 4.69) is 20.6 Å². The lowest BCUT2D eigenvalue weighted by molar-refractivity contribution is 0.102. The molecule has 0 aliphatic carbocycles. The highest BCUT2D eigenvalue weighted by atomic mass is 35.5. The fourth-order valence-electron chi connectivity index (χ4n) is 2.29. The number of carbonyl (C=O) groups is 1. The highest BCUT2D eigenvalue weighted by Gasteiger charge is 2.13. The number of hydrogen-bond acceptors (Lipinski definition) is 4. The van der Waals surface area contributed by atoms with E-state index in [1.807, 2.05) is 31.2 Å². The Hall–Kier alpha value is -2.63. The molecule has 1 aromatic heterocycles. The van der Waals surface area contributed by atoms with E-state index < -0.39 is 5.91 Å². The molecule has 0 bridgehead atoms. The van der Waals surface area contributed by atoms with Crippen LogP contribution in [0.4, 0.5) is 17.3 Å². The number of aromatic nitrogens is 2. The second kappa shape index (κ2) is 7.72. The van der Waals surface area contributed by atoms with Crippen molar-refractivity contribution in [3.8, 4) is 0 Å². The van der Waals surface area contributed by atoms with Crippen LogP contribution in [0.5, 0.6) is 0 Å². The van der Waals surface area contributed by atoms with Crippen molar-refractivity contribution in [1.82, 2.24) is 9.97 Å². The molecule has 0 aliphatic rings. The van der Waals surface area contributed by atoms with Gasteiger partial charge in [-0.1, -0.05) is 47.0 Å². The number of benzene rings is 2. The Balaban J connectivity index is 1.83. The molecule has 0 unspecified atom stereocenters. The minimum atomic E-state index is -0.397. The summed E-state index contributed by atoms with van der Waals surface area (Å²) in [6.45, 7) is 3.81. The number of rotatable bonds is 4. The van der Waals surface area contributed by atoms with Gasteiger partial charge in [-0.3, -0.25) is 4.79 Å². The molecule has 0 saturated carbocycles. The molecule has 3 rings (SSSR count). The van der Waals surface area contributed by atoms with E-state index in [4.69, 9.17) is 23.2 Å². The molecule has 132 valence electrons. The second-order valence-corrected chi connectivity index (χ2v) is 6.55. The maximum absolute atomic E-state index is 12.5. The summed E-state index contributed by atoms with van der Waals surface area (Å²) in [6, 6.07) is 14.4. The quantitative estimate of drug-likeness (QED) is 0.629. The number of carbonyl (C=O) groups excluding carboxylic acids is 1. The Kier molecular flexibility index (Phi) is 5.40. The zero-order valence-corrected chi connectivity index (χ0v) is 15.7. The average Bonchev–Trinajstić information content (AvgIpc) is 2.60. The third-order valence-electron chi connectivity index (χ3n) is 3.59. The SMILES string of the molecule is Cc1ccc(Nc2nc(C)cc(C(=O)Nc3cccc(Cl)c3Cl)n2)cc1. The van der Waals surface area contributed by atoms with Crippen LogP contribution in [0.25, 0.3) is 0 Å². The lowest BCUT2D eigenvalue weighted by atomic mass is 10.2. The fourth-order valence-corrected chi connectivity index (χ4v) is 2.64. The van der Waals surface area contributed by atoms with Gasteiger partial charge in [0.1, 0.15) is 5.69 Å². The van der Waals surface area contributed by atoms with Gasteiger partial charge in [0.05, 0.1) is 15.7 Å². The maximum atomic E-state index is 12.5. The first-order valence-electron chi connectivity index (χ1n) is 7.87. The van der Waals surface area contributed by atoms with E-state index in [0.29, 0.717) is 22.4 Å². The lowest BCUT2D eigenvalue weighted by Gasteiger charge is -2.10. The molecular weight excluding hydrogens is 371 g/mol. The Morgan fingerprint density at radius 2 is 1.73 bits per heavy atom. The van der Waals surface area contributed by atoms with E-state index >= 15 is 0 Å². The van der Waals surface area contributed by atoms with Crippen molar-refractivity contribution in [3.05, 3.63) is 75.5 Å². The molecular formula is C19H16Cl2N4O. The number of nitrogens with one attached hydrogen (secondary N) is 2. The first-order chi connectivity index (χ1) is 12.4. The Morgan fingerprint density at radius 1 is 1.00 bits per heavy atom. The lowest BCUT2D eigenvalue weighted by Crippen LogP contribution is -2.15. The topological polar surface area (TPSA) is 66.9 Å². The minimum Gasteiger partial charge on any atom is -0.324 e. The van der Waals surface area contributed by atoms with Crippen LogP contribution in [0, 0.1) is 13.8 Å². The van der Waals surface area contributed by atoms with E-state index in [-0.39, 0.29) is 10.7 Å². The maximum Gasteiger partial charge on any atom is 0.274 e. The largest absolute Gasteiger partial charge is 0.324 e. The van der Waals surface area contributed by atoms with Crippen molar-refractivity contribution >= 4 is 46.4 Å². The van der Waals surface area contributed by atoms with Crippen LogP contribution in [0.1, 0.15) is 21.7 Å². The van der Waals surface area contributed by atoms with Gasteiger partial charge < -0.3 is 10.6 Å². The van der Waals surface area contributed by atoms with Crippen molar-refractivity contribution in [3.63, 3.8) is 0 Å². The molecule has 2 aromatic carbocycles. The molecule has 0 atom stereocenters. The molecule has 0 aliphatic heterocycles. The summed E-state index contributed by atoms with van der Waals surface area (Å²) in [5, 5.41) is 6.47. The molecule has 0 saturated heterocycles. The molecule has 3 aromatic rings. The Morgan fingerprint density at radius 3 is 2.46 bits per heavy atom. The van der Waals surface area contributed by atoms with Gasteiger partial charge >= 0.3 is 0 Å². The molecule has 7 heteroatoms. The third-order valence-corrected chi connectivity index (χ3v) is 4.41. The highest BCUT2D eigenvalue weighted by molar-refractivity contribution is 6.44. The van der Waals surface area contributed by atoms with Gasteiger partial charge in [0, 0.05) is 11.4 Å². The summed E-state index contributed by atoms with van der Waals surface area (Å²) in [7, 11) is 0. The number of hydrogen-bond donors (Lipinski definition) is 2. The van der Waals surface area contributed by atoms with E-state index in [1.54, 1.807) is 31.2 Å². The normalized spacial score (nSPS) is 10.5. The summed E-state index contributed by atoms with van der Waals surface area (Å²) < 4.78 is 0. The van der Waals surface area contributed by atoms with Crippen molar-refractivity contribution < 1.29 is 4.79 Å². The molecule has 0 radical (unpaired) electrons. The van der Waals surface area contributed by atoms with Crippen molar-refractivity contribution in [2.75, 3.05) is 10.6 Å². The monoisotopic (exact) mass is 386 g/mol. The first kappa shape index (κ1) is 18.2. The van der Waals surface area contributed by atoms with Crippen LogP contribution in [0.2, 0.25) is 10.0 Å². The summed E-state index contributed by atoms with van der Waals surface area (Å²) in [6.07, 6.45) is 0. The number of anilines is 3. The third kappa shape index (κ3) is 4.31. The van der Waals surface area contributed by atoms with E-state index in [1.165, 1.54) is 0 Å². The van der Waals surface area contributed by atoms with Crippen LogP contribution >= 0.6 is 23.2 Å². The fraction of sp³-hybridized carbons (Fsp3) is 0.105. The number of aryl methyl sites for hydroxylation is 2. The molecule has 0 spiro atoms. The Bertz CT molecular complexity index is 958. The van der Waals surface area contributed by atoms with Crippen LogP contribution in [-0.4, -0.2) is 15.9 Å². The predicted octanol–water partition coefficient (Wildman–Crippen LogP) is 5.40. The van der Waals surface area contributed by atoms with Crippen LogP contribution in [-0.2, 0) is 0 Å². The first-order valence-corrected chi connectivity index (χ1v) is 8.63. The number of halogens is 2. The minimum absolute atomic E-state index is 0.225. The summed E-state index contributed by atoms with van der Waals surface area (Å²) >= 11 is 12.1. The summed E-state index contributed by atoms with van der Waals surface area (Å²) in [5.74, 6) is -0.0529. The molecule has 1 amide bonds. The van der Waals surface area contributed by atoms with Crippen LogP contribution in [0.15, 0.2) is 48.5 Å². The van der Waals surface area contributed by atoms with Crippen LogP contribution < -0.4 is 10.6 Å². The van der Waals surface area contributed by atoms with Gasteiger partial charge in [-0.2, -0.15) is 0 Å². The standard InChI is InChI=1S/C19H16Cl2N4O/c1-11-6-8-13(9-7-11)23-19-22-12(2)10-16(25-19)18(26)24-15-5-3-4-14(20)17(15)21/h3-10H,1-2H3,(H,24,26)(H,22,23,25). The van der Waals surface area contributed by atoms with Gasteiger partial charge in [-0.05, 0) is 44.2 Å². The number of amides is 1. The molecule has 0 fully saturated rings. The van der Waals surface area contributed by atoms with Gasteiger partial charge in [-0.25, -0.2) is 9.97 Å². The molecule has 2 N–H and O–H groups in total. The zero-order chi connectivity index (χ0) is 18.7. The molecule has 5 nitrogen and oxygen atoms in total. The van der Waals surface area contributed by atoms with Gasteiger partial charge in [0.25, 0.3) is 5.91 Å². The number of nitrogens with zero attached hydrogens (tertiary/aromatic N) is 2. The van der Waals surface area contributed by atoms with Crippen molar-refractivity contribution in [2.24, 2.45) is 0 Å². The van der Waals surface area contributed by atoms with E-state index in [0.717, 1.165) is 11.3 Å². The predicted molar refractivity (Wildman–Crippen MR) is 106 cm³/mol. The van der Waals surface area contributed by atoms with E-state index in [9.17, 15) is 4.79 Å².